The van der Waals surface area contributed by atoms with Crippen molar-refractivity contribution in [1.82, 2.24) is 0 Å². The van der Waals surface area contributed by atoms with E-state index in [4.69, 9.17) is 4.42 Å². The smallest absolute Gasteiger partial charge is 0.193 e. The molecule has 0 spiro atoms. The van der Waals surface area contributed by atoms with E-state index in [0.717, 1.165) is 8.04 Å². The summed E-state index contributed by atoms with van der Waals surface area (Å²) in [7, 11) is 0. The molecule has 5 heteroatoms. The highest BCUT2D eigenvalue weighted by Crippen LogP contribution is 2.25. The van der Waals surface area contributed by atoms with Crippen LogP contribution in [-0.2, 0) is 0 Å². The van der Waals surface area contributed by atoms with Crippen molar-refractivity contribution < 1.29 is 4.42 Å². The highest BCUT2D eigenvalue weighted by atomic mass is 127. The Morgan fingerprint density at radius 2 is 2.07 bits per heavy atom. The minimum absolute atomic E-state index is 0.0736. The summed E-state index contributed by atoms with van der Waals surface area (Å²) in [5, 5.41) is 0.907. The number of benzene rings is 1. The third-order valence-corrected chi connectivity index (χ3v) is 3.21. The minimum atomic E-state index is -0.0736. The first kappa shape index (κ1) is 10.5. The van der Waals surface area contributed by atoms with Gasteiger partial charge in [0.25, 0.3) is 0 Å². The van der Waals surface area contributed by atoms with Crippen molar-refractivity contribution in [2.75, 3.05) is 0 Å². The maximum atomic E-state index is 11.6. The van der Waals surface area contributed by atoms with E-state index < -0.39 is 0 Å². The molecule has 14 heavy (non-hydrogen) atoms. The second-order valence-corrected chi connectivity index (χ2v) is 5.23. The van der Waals surface area contributed by atoms with Crippen molar-refractivity contribution in [2.45, 2.75) is 5.09 Å². The highest BCUT2D eigenvalue weighted by molar-refractivity contribution is 14.1. The van der Waals surface area contributed by atoms with Gasteiger partial charge in [-0.2, -0.15) is 0 Å². The molecule has 0 amide bonds. The summed E-state index contributed by atoms with van der Waals surface area (Å²) in [5.74, 6) is 0. The molecule has 0 aliphatic carbocycles. The zero-order valence-corrected chi connectivity index (χ0v) is 11.4. The van der Waals surface area contributed by atoms with Crippen LogP contribution in [0.15, 0.2) is 37.0 Å². The molecule has 0 aliphatic heterocycles. The lowest BCUT2D eigenvalue weighted by molar-refractivity contribution is 0.500. The molecule has 0 bridgehead atoms. The maximum absolute atomic E-state index is 11.6. The van der Waals surface area contributed by atoms with E-state index in [1.54, 1.807) is 6.07 Å². The van der Waals surface area contributed by atoms with Crippen LogP contribution in [-0.4, -0.2) is 0 Å². The fraction of sp³-hybridized carbons (Fsp3) is 0. The molecule has 2 rings (SSSR count). The molecule has 0 aliphatic rings. The Labute approximate surface area is 107 Å². The number of hydrogen-bond donors (Lipinski definition) is 1. The molecular formula is C9H4BrIO2S. The molecule has 0 N–H and O–H groups in total. The van der Waals surface area contributed by atoms with Crippen molar-refractivity contribution in [2.24, 2.45) is 0 Å². The van der Waals surface area contributed by atoms with Gasteiger partial charge in [-0.15, -0.1) is 12.6 Å². The van der Waals surface area contributed by atoms with Gasteiger partial charge in [-0.05, 0) is 34.7 Å². The monoisotopic (exact) mass is 382 g/mol. The van der Waals surface area contributed by atoms with Gasteiger partial charge in [-0.1, -0.05) is 15.9 Å². The maximum Gasteiger partial charge on any atom is 0.193 e. The van der Waals surface area contributed by atoms with Crippen LogP contribution >= 0.6 is 51.1 Å². The van der Waals surface area contributed by atoms with Crippen LogP contribution in [0.1, 0.15) is 0 Å². The van der Waals surface area contributed by atoms with Crippen molar-refractivity contribution in [3.63, 3.8) is 0 Å². The standard InChI is InChI=1S/C9H4BrIO2S/c10-4-1-5-7(12)3-8(14)13-9(5)6(11)2-4/h1-3,14H. The number of thiol groups is 1. The summed E-state index contributed by atoms with van der Waals surface area (Å²) in [6.07, 6.45) is 0. The molecule has 0 radical (unpaired) electrons. The Bertz CT molecular complexity index is 564. The Morgan fingerprint density at radius 3 is 2.79 bits per heavy atom. The Morgan fingerprint density at radius 1 is 1.36 bits per heavy atom. The predicted molar refractivity (Wildman–Crippen MR) is 70.2 cm³/mol. The van der Waals surface area contributed by atoms with Crippen LogP contribution in [0.4, 0.5) is 0 Å². The quantitative estimate of drug-likeness (QED) is 0.558. The molecule has 1 aromatic heterocycles. The second kappa shape index (κ2) is 3.86. The lowest BCUT2D eigenvalue weighted by atomic mass is 10.2. The number of rotatable bonds is 0. The van der Waals surface area contributed by atoms with E-state index in [-0.39, 0.29) is 5.43 Å². The van der Waals surface area contributed by atoms with Gasteiger partial charge in [0.05, 0.1) is 8.96 Å². The molecule has 0 atom stereocenters. The van der Waals surface area contributed by atoms with Crippen LogP contribution in [0.5, 0.6) is 0 Å². The van der Waals surface area contributed by atoms with E-state index in [9.17, 15) is 4.79 Å². The molecule has 0 unspecified atom stereocenters. The Hall–Kier alpha value is -0.0100. The summed E-state index contributed by atoms with van der Waals surface area (Å²) in [5.41, 5.74) is 0.516. The molecule has 72 valence electrons. The third-order valence-electron chi connectivity index (χ3n) is 1.74. The first-order valence-corrected chi connectivity index (χ1v) is 6.01. The lowest BCUT2D eigenvalue weighted by Gasteiger charge is -2.01. The summed E-state index contributed by atoms with van der Waals surface area (Å²) < 4.78 is 7.12. The zero-order chi connectivity index (χ0) is 10.3. The summed E-state index contributed by atoms with van der Waals surface area (Å²) in [4.78, 5) is 11.6. The normalized spacial score (nSPS) is 10.8. The van der Waals surface area contributed by atoms with Crippen LogP contribution in [0.3, 0.4) is 0 Å². The van der Waals surface area contributed by atoms with Gasteiger partial charge in [0, 0.05) is 10.5 Å². The first-order chi connectivity index (χ1) is 6.58. The van der Waals surface area contributed by atoms with Crippen molar-refractivity contribution in [1.29, 1.82) is 0 Å². The van der Waals surface area contributed by atoms with Crippen molar-refractivity contribution in [3.8, 4) is 0 Å². The molecular weight excluding hydrogens is 379 g/mol. The fourth-order valence-electron chi connectivity index (χ4n) is 1.17. The van der Waals surface area contributed by atoms with E-state index in [0.29, 0.717) is 16.1 Å². The predicted octanol–water partition coefficient (Wildman–Crippen LogP) is 3.45. The molecule has 2 aromatic rings. The average molecular weight is 383 g/mol. The van der Waals surface area contributed by atoms with Crippen LogP contribution in [0.2, 0.25) is 0 Å². The van der Waals surface area contributed by atoms with E-state index in [2.05, 4.69) is 51.1 Å². The zero-order valence-electron chi connectivity index (χ0n) is 6.75. The van der Waals surface area contributed by atoms with Gasteiger partial charge in [0.1, 0.15) is 0 Å². The number of hydrogen-bond acceptors (Lipinski definition) is 3. The van der Waals surface area contributed by atoms with Gasteiger partial charge in [0.2, 0.25) is 0 Å². The van der Waals surface area contributed by atoms with Crippen LogP contribution < -0.4 is 5.43 Å². The molecule has 2 nitrogen and oxygen atoms in total. The SMILES string of the molecule is O=c1cc(S)oc2c(I)cc(Br)cc12. The Balaban J connectivity index is 3.02. The van der Waals surface area contributed by atoms with Crippen molar-refractivity contribution in [3.05, 3.63) is 36.5 Å². The van der Waals surface area contributed by atoms with E-state index >= 15 is 0 Å². The van der Waals surface area contributed by atoms with E-state index in [1.165, 1.54) is 6.07 Å². The third kappa shape index (κ3) is 1.85. The number of halogens is 2. The van der Waals surface area contributed by atoms with Crippen molar-refractivity contribution >= 4 is 62.1 Å². The number of fused-ring (bicyclic) bond motifs is 1. The van der Waals surface area contributed by atoms with Gasteiger partial charge in [-0.25, -0.2) is 0 Å². The van der Waals surface area contributed by atoms with Crippen LogP contribution in [0.25, 0.3) is 11.0 Å². The highest BCUT2D eigenvalue weighted by Gasteiger charge is 2.07. The lowest BCUT2D eigenvalue weighted by Crippen LogP contribution is -2.00. The van der Waals surface area contributed by atoms with Gasteiger partial charge in [-0.3, -0.25) is 4.79 Å². The molecule has 0 fully saturated rings. The molecule has 1 heterocycles. The van der Waals surface area contributed by atoms with Gasteiger partial charge in [0.15, 0.2) is 16.1 Å². The van der Waals surface area contributed by atoms with Crippen LogP contribution in [0, 0.1) is 3.57 Å². The molecule has 0 saturated heterocycles. The summed E-state index contributed by atoms with van der Waals surface area (Å²) >= 11 is 9.47. The summed E-state index contributed by atoms with van der Waals surface area (Å²) in [6, 6.07) is 5.00. The first-order valence-electron chi connectivity index (χ1n) is 3.70. The van der Waals surface area contributed by atoms with Gasteiger partial charge < -0.3 is 4.42 Å². The second-order valence-electron chi connectivity index (χ2n) is 2.71. The largest absolute Gasteiger partial charge is 0.449 e. The molecule has 0 saturated carbocycles. The van der Waals surface area contributed by atoms with Gasteiger partial charge >= 0.3 is 0 Å². The fourth-order valence-corrected chi connectivity index (χ4v) is 3.00. The minimum Gasteiger partial charge on any atom is -0.449 e. The van der Waals surface area contributed by atoms with E-state index in [1.807, 2.05) is 6.07 Å². The molecule has 1 aromatic carbocycles. The average Bonchev–Trinajstić information content (AvgIpc) is 2.07. The summed E-state index contributed by atoms with van der Waals surface area (Å²) in [6.45, 7) is 0. The topological polar surface area (TPSA) is 30.2 Å². The Kier molecular flexibility index (Phi) is 2.90.